The summed E-state index contributed by atoms with van der Waals surface area (Å²) in [7, 11) is 2.99. The summed E-state index contributed by atoms with van der Waals surface area (Å²) in [6.45, 7) is -0.227. The minimum atomic E-state index is -0.462. The number of aryl methyl sites for hydroxylation is 1. The van der Waals surface area contributed by atoms with E-state index < -0.39 is 17.2 Å². The first kappa shape index (κ1) is 20.5. The molecule has 4 rings (SSSR count). The van der Waals surface area contributed by atoms with E-state index in [9.17, 15) is 14.4 Å². The highest BCUT2D eigenvalue weighted by atomic mass is 35.5. The van der Waals surface area contributed by atoms with Crippen molar-refractivity contribution in [1.29, 1.82) is 0 Å². The zero-order chi connectivity index (χ0) is 22.1. The number of fused-ring (bicyclic) bond motifs is 1. The minimum absolute atomic E-state index is 0.227. The molecule has 158 valence electrons. The van der Waals surface area contributed by atoms with Gasteiger partial charge in [-0.2, -0.15) is 0 Å². The average Bonchev–Trinajstić information content (AvgIpc) is 3.15. The fourth-order valence-electron chi connectivity index (χ4n) is 3.35. The van der Waals surface area contributed by atoms with Crippen LogP contribution in [0.25, 0.3) is 22.2 Å². The highest BCUT2D eigenvalue weighted by Crippen LogP contribution is 2.28. The summed E-state index contributed by atoms with van der Waals surface area (Å²) >= 11 is 6.01. The Morgan fingerprint density at radius 2 is 1.68 bits per heavy atom. The Kier molecular flexibility index (Phi) is 5.39. The molecule has 0 aliphatic carbocycles. The molecule has 31 heavy (non-hydrogen) atoms. The maximum atomic E-state index is 12.9. The SMILES string of the molecule is Cn1c(=O)c2c(-c3ccc(Cl)cc3)n(NC(=O)COc3ccccc3)cc2n(C)c1=O. The van der Waals surface area contributed by atoms with E-state index in [0.29, 0.717) is 32.9 Å². The summed E-state index contributed by atoms with van der Waals surface area (Å²) in [5.74, 6) is 0.130. The number of hydrogen-bond donors (Lipinski definition) is 1. The van der Waals surface area contributed by atoms with Crippen molar-refractivity contribution < 1.29 is 9.53 Å². The molecule has 1 amide bonds. The molecule has 0 spiro atoms. The van der Waals surface area contributed by atoms with Gasteiger partial charge in [0.05, 0.1) is 22.8 Å². The molecular formula is C22H19ClN4O4. The van der Waals surface area contributed by atoms with E-state index >= 15 is 0 Å². The number of aromatic nitrogens is 3. The van der Waals surface area contributed by atoms with Crippen molar-refractivity contribution in [3.05, 3.63) is 86.7 Å². The maximum Gasteiger partial charge on any atom is 0.330 e. The minimum Gasteiger partial charge on any atom is -0.484 e. The highest BCUT2D eigenvalue weighted by Gasteiger charge is 2.20. The third-order valence-corrected chi connectivity index (χ3v) is 5.17. The Labute approximate surface area is 181 Å². The summed E-state index contributed by atoms with van der Waals surface area (Å²) in [6, 6.07) is 15.8. The van der Waals surface area contributed by atoms with Gasteiger partial charge in [-0.3, -0.25) is 28.8 Å². The number of rotatable bonds is 5. The Balaban J connectivity index is 1.79. The lowest BCUT2D eigenvalue weighted by Gasteiger charge is -2.12. The molecule has 0 saturated heterocycles. The zero-order valence-electron chi connectivity index (χ0n) is 16.8. The molecule has 2 heterocycles. The number of amides is 1. The molecule has 0 atom stereocenters. The van der Waals surface area contributed by atoms with E-state index in [1.165, 1.54) is 16.3 Å². The topological polar surface area (TPSA) is 87.3 Å². The van der Waals surface area contributed by atoms with E-state index in [1.807, 2.05) is 6.07 Å². The molecule has 2 aromatic heterocycles. The summed E-state index contributed by atoms with van der Waals surface area (Å²) in [4.78, 5) is 37.9. The number of para-hydroxylation sites is 1. The largest absolute Gasteiger partial charge is 0.484 e. The van der Waals surface area contributed by atoms with Crippen LogP contribution in [-0.4, -0.2) is 26.3 Å². The van der Waals surface area contributed by atoms with E-state index in [-0.39, 0.29) is 6.61 Å². The second-order valence-electron chi connectivity index (χ2n) is 6.96. The second-order valence-corrected chi connectivity index (χ2v) is 7.39. The molecule has 2 aromatic carbocycles. The normalized spacial score (nSPS) is 10.9. The lowest BCUT2D eigenvalue weighted by molar-refractivity contribution is -0.119. The lowest BCUT2D eigenvalue weighted by atomic mass is 10.1. The standard InChI is InChI=1S/C22H19ClN4O4/c1-25-17-12-27(24-18(28)13-31-16-6-4-3-5-7-16)20(14-8-10-15(23)11-9-14)19(17)21(29)26(2)22(25)30/h3-12H,13H2,1-2H3,(H,24,28). The lowest BCUT2D eigenvalue weighted by Crippen LogP contribution is -2.36. The van der Waals surface area contributed by atoms with Crippen LogP contribution in [0.15, 0.2) is 70.4 Å². The molecule has 0 bridgehead atoms. The quantitative estimate of drug-likeness (QED) is 0.518. The van der Waals surface area contributed by atoms with Gasteiger partial charge in [-0.25, -0.2) is 4.79 Å². The van der Waals surface area contributed by atoms with Gasteiger partial charge in [0.15, 0.2) is 6.61 Å². The summed E-state index contributed by atoms with van der Waals surface area (Å²) in [5, 5.41) is 0.836. The van der Waals surface area contributed by atoms with Gasteiger partial charge in [0.25, 0.3) is 11.5 Å². The molecule has 1 N–H and O–H groups in total. The van der Waals surface area contributed by atoms with E-state index in [0.717, 1.165) is 4.57 Å². The summed E-state index contributed by atoms with van der Waals surface area (Å²) in [5.41, 5.74) is 3.29. The van der Waals surface area contributed by atoms with E-state index in [4.69, 9.17) is 16.3 Å². The smallest absolute Gasteiger partial charge is 0.330 e. The van der Waals surface area contributed by atoms with E-state index in [1.54, 1.807) is 61.8 Å². The molecule has 0 aliphatic heterocycles. The number of carbonyl (C=O) groups is 1. The van der Waals surface area contributed by atoms with Crippen LogP contribution >= 0.6 is 11.6 Å². The number of nitrogens with one attached hydrogen (secondary N) is 1. The number of halogens is 1. The summed E-state index contributed by atoms with van der Waals surface area (Å²) < 4.78 is 9.33. The number of benzene rings is 2. The van der Waals surface area contributed by atoms with Crippen LogP contribution in [-0.2, 0) is 18.9 Å². The Hall–Kier alpha value is -3.78. The van der Waals surface area contributed by atoms with Crippen LogP contribution < -0.4 is 21.4 Å². The van der Waals surface area contributed by atoms with Crippen LogP contribution in [0.1, 0.15) is 0 Å². The first-order valence-electron chi connectivity index (χ1n) is 9.41. The first-order valence-corrected chi connectivity index (χ1v) is 9.79. The predicted molar refractivity (Wildman–Crippen MR) is 119 cm³/mol. The van der Waals surface area contributed by atoms with Crippen molar-refractivity contribution >= 4 is 28.4 Å². The fourth-order valence-corrected chi connectivity index (χ4v) is 3.48. The summed E-state index contributed by atoms with van der Waals surface area (Å²) in [6.07, 6.45) is 1.54. The van der Waals surface area contributed by atoms with Crippen LogP contribution in [0.4, 0.5) is 0 Å². The van der Waals surface area contributed by atoms with Gasteiger partial charge in [0, 0.05) is 24.7 Å². The zero-order valence-corrected chi connectivity index (χ0v) is 17.6. The third kappa shape index (κ3) is 3.85. The molecule has 0 fully saturated rings. The molecule has 0 aliphatic rings. The Morgan fingerprint density at radius 1 is 1.00 bits per heavy atom. The van der Waals surface area contributed by atoms with Crippen LogP contribution in [0.5, 0.6) is 5.75 Å². The molecule has 9 heteroatoms. The first-order chi connectivity index (χ1) is 14.9. The third-order valence-electron chi connectivity index (χ3n) is 4.91. The number of carbonyl (C=O) groups excluding carboxylic acids is 1. The van der Waals surface area contributed by atoms with Crippen molar-refractivity contribution in [2.75, 3.05) is 12.0 Å². The van der Waals surface area contributed by atoms with Gasteiger partial charge in [0.1, 0.15) is 5.75 Å². The number of nitrogens with zero attached hydrogens (tertiary/aromatic N) is 3. The maximum absolute atomic E-state index is 12.9. The molecule has 8 nitrogen and oxygen atoms in total. The van der Waals surface area contributed by atoms with Crippen molar-refractivity contribution in [2.24, 2.45) is 14.1 Å². The van der Waals surface area contributed by atoms with Gasteiger partial charge in [-0.1, -0.05) is 41.9 Å². The van der Waals surface area contributed by atoms with Gasteiger partial charge in [0.2, 0.25) is 0 Å². The van der Waals surface area contributed by atoms with Gasteiger partial charge >= 0.3 is 5.69 Å². The number of ether oxygens (including phenoxy) is 1. The molecule has 0 radical (unpaired) electrons. The Morgan fingerprint density at radius 3 is 2.35 bits per heavy atom. The molecule has 0 unspecified atom stereocenters. The van der Waals surface area contributed by atoms with Crippen molar-refractivity contribution in [3.8, 4) is 17.0 Å². The average molecular weight is 439 g/mol. The second kappa shape index (κ2) is 8.16. The van der Waals surface area contributed by atoms with Gasteiger partial charge in [-0.05, 0) is 24.3 Å². The molecule has 0 saturated carbocycles. The van der Waals surface area contributed by atoms with Crippen molar-refractivity contribution in [1.82, 2.24) is 13.8 Å². The fraction of sp³-hybridized carbons (Fsp3) is 0.136. The van der Waals surface area contributed by atoms with Crippen molar-refractivity contribution in [2.45, 2.75) is 0 Å². The Bertz CT molecular complexity index is 1390. The van der Waals surface area contributed by atoms with Gasteiger partial charge < -0.3 is 4.74 Å². The monoisotopic (exact) mass is 438 g/mol. The van der Waals surface area contributed by atoms with Crippen LogP contribution in [0.3, 0.4) is 0 Å². The number of hydrogen-bond acceptors (Lipinski definition) is 4. The van der Waals surface area contributed by atoms with E-state index in [2.05, 4.69) is 5.43 Å². The highest BCUT2D eigenvalue weighted by molar-refractivity contribution is 6.30. The van der Waals surface area contributed by atoms with Gasteiger partial charge in [-0.15, -0.1) is 0 Å². The predicted octanol–water partition coefficient (Wildman–Crippen LogP) is 2.51. The van der Waals surface area contributed by atoms with Crippen LogP contribution in [0, 0.1) is 0 Å². The van der Waals surface area contributed by atoms with Crippen LogP contribution in [0.2, 0.25) is 5.02 Å². The van der Waals surface area contributed by atoms with Crippen molar-refractivity contribution in [3.63, 3.8) is 0 Å². The molecular weight excluding hydrogens is 420 g/mol. The molecule has 4 aromatic rings.